The van der Waals surface area contributed by atoms with Crippen molar-refractivity contribution in [1.82, 2.24) is 0 Å². The third-order valence-corrected chi connectivity index (χ3v) is 5.47. The lowest BCUT2D eigenvalue weighted by atomic mass is 10.1. The van der Waals surface area contributed by atoms with Gasteiger partial charge in [0.1, 0.15) is 9.97 Å². The molecule has 3 rings (SSSR count). The van der Waals surface area contributed by atoms with Crippen molar-refractivity contribution in [2.75, 3.05) is 0 Å². The molecular weight excluding hydrogens is 356 g/mol. The van der Waals surface area contributed by atoms with E-state index in [1.807, 2.05) is 0 Å². The Morgan fingerprint density at radius 1 is 1.04 bits per heavy atom. The molecule has 1 atom stereocenters. The SMILES string of the molecule is O=[N+]([O-])c1ccc(CC2=NN=C(c3ccc([N+](=O)[O-])o3)S2=S)cc1. The van der Waals surface area contributed by atoms with Gasteiger partial charge in [-0.25, -0.2) is 0 Å². The molecule has 1 aliphatic rings. The maximum absolute atomic E-state index is 10.7. The van der Waals surface area contributed by atoms with Gasteiger partial charge in [-0.05, 0) is 32.3 Å². The zero-order chi connectivity index (χ0) is 17.3. The van der Waals surface area contributed by atoms with Crippen molar-refractivity contribution in [3.63, 3.8) is 0 Å². The van der Waals surface area contributed by atoms with E-state index in [2.05, 4.69) is 10.2 Å². The van der Waals surface area contributed by atoms with Crippen LogP contribution in [-0.4, -0.2) is 19.9 Å². The summed E-state index contributed by atoms with van der Waals surface area (Å²) in [7, 11) is -0.881. The normalized spacial score (nSPS) is 16.6. The lowest BCUT2D eigenvalue weighted by molar-refractivity contribution is -0.402. The molecule has 1 aromatic heterocycles. The van der Waals surface area contributed by atoms with Gasteiger partial charge in [-0.2, -0.15) is 0 Å². The van der Waals surface area contributed by atoms with Crippen molar-refractivity contribution >= 4 is 42.3 Å². The van der Waals surface area contributed by atoms with E-state index in [4.69, 9.17) is 15.6 Å². The minimum atomic E-state index is -0.881. The van der Waals surface area contributed by atoms with Crippen molar-refractivity contribution in [2.24, 2.45) is 10.2 Å². The van der Waals surface area contributed by atoms with Crippen LogP contribution >= 0.6 is 0 Å². The van der Waals surface area contributed by atoms with Crippen LogP contribution < -0.4 is 0 Å². The van der Waals surface area contributed by atoms with Gasteiger partial charge in [-0.15, -0.1) is 10.2 Å². The van der Waals surface area contributed by atoms with Crippen LogP contribution in [0, 0.1) is 20.2 Å². The smallest absolute Gasteiger partial charge is 0.398 e. The molecule has 0 radical (unpaired) electrons. The van der Waals surface area contributed by atoms with Crippen LogP contribution in [0.2, 0.25) is 0 Å². The average molecular weight is 364 g/mol. The molecule has 24 heavy (non-hydrogen) atoms. The molecule has 0 saturated heterocycles. The second-order valence-electron chi connectivity index (χ2n) is 4.66. The second kappa shape index (κ2) is 6.37. The Morgan fingerprint density at radius 3 is 2.33 bits per heavy atom. The number of nitro groups is 2. The highest BCUT2D eigenvalue weighted by molar-refractivity contribution is 8.46. The van der Waals surface area contributed by atoms with E-state index in [-0.39, 0.29) is 17.3 Å². The lowest BCUT2D eigenvalue weighted by Crippen LogP contribution is -2.14. The number of nitro benzene ring substituents is 1. The summed E-state index contributed by atoms with van der Waals surface area (Å²) < 4.78 is 5.10. The minimum absolute atomic E-state index is 0.00400. The summed E-state index contributed by atoms with van der Waals surface area (Å²) in [6.45, 7) is 0. The Hall–Kier alpha value is -2.79. The van der Waals surface area contributed by atoms with Gasteiger partial charge < -0.3 is 4.42 Å². The van der Waals surface area contributed by atoms with Crippen LogP contribution in [0.1, 0.15) is 11.3 Å². The van der Waals surface area contributed by atoms with Crippen LogP contribution in [0.3, 0.4) is 0 Å². The number of non-ortho nitro benzene ring substituents is 1. The standard InChI is InChI=1S/C13H8N4O5S2/c18-16(19)9-3-1-8(2-4-9)7-11-14-15-13(24(11)23)10-5-6-12(22-10)17(20)21/h1-6H,7H2. The molecule has 2 aromatic rings. The molecule has 1 aromatic carbocycles. The van der Waals surface area contributed by atoms with E-state index >= 15 is 0 Å². The van der Waals surface area contributed by atoms with Crippen molar-refractivity contribution in [3.8, 4) is 0 Å². The van der Waals surface area contributed by atoms with Crippen LogP contribution in [0.15, 0.2) is 51.0 Å². The second-order valence-corrected chi connectivity index (χ2v) is 7.06. The fourth-order valence-corrected chi connectivity index (χ4v) is 3.65. The predicted molar refractivity (Wildman–Crippen MR) is 90.9 cm³/mol. The average Bonchev–Trinajstić information content (AvgIpc) is 3.16. The molecule has 122 valence electrons. The Kier molecular flexibility index (Phi) is 4.27. The zero-order valence-corrected chi connectivity index (χ0v) is 13.5. The van der Waals surface area contributed by atoms with Gasteiger partial charge in [0.15, 0.2) is 10.8 Å². The summed E-state index contributed by atoms with van der Waals surface area (Å²) >= 11 is 5.40. The van der Waals surface area contributed by atoms with Crippen molar-refractivity contribution in [2.45, 2.75) is 6.42 Å². The van der Waals surface area contributed by atoms with Gasteiger partial charge in [0, 0.05) is 18.6 Å². The fourth-order valence-electron chi connectivity index (χ4n) is 1.98. The molecule has 0 bridgehead atoms. The van der Waals surface area contributed by atoms with Gasteiger partial charge in [0.25, 0.3) is 5.69 Å². The molecule has 0 spiro atoms. The third kappa shape index (κ3) is 3.12. The van der Waals surface area contributed by atoms with E-state index in [0.717, 1.165) is 5.56 Å². The Labute approximate surface area is 141 Å². The molecule has 2 heterocycles. The molecule has 0 saturated carbocycles. The molecule has 11 heteroatoms. The summed E-state index contributed by atoms with van der Waals surface area (Å²) in [5, 5.41) is 30.3. The molecule has 0 N–H and O–H groups in total. The maximum atomic E-state index is 10.7. The van der Waals surface area contributed by atoms with Crippen molar-refractivity contribution in [3.05, 3.63) is 68.0 Å². The molecule has 0 amide bonds. The predicted octanol–water partition coefficient (Wildman–Crippen LogP) is 2.49. The van der Waals surface area contributed by atoms with Crippen LogP contribution in [0.4, 0.5) is 11.6 Å². The Morgan fingerprint density at radius 2 is 1.75 bits per heavy atom. The van der Waals surface area contributed by atoms with Crippen LogP contribution in [0.5, 0.6) is 0 Å². The van der Waals surface area contributed by atoms with E-state index in [0.29, 0.717) is 16.5 Å². The number of furan rings is 1. The van der Waals surface area contributed by atoms with Gasteiger partial charge in [-0.3, -0.25) is 20.2 Å². The van der Waals surface area contributed by atoms with E-state index in [1.165, 1.54) is 24.3 Å². The van der Waals surface area contributed by atoms with Crippen LogP contribution in [0.25, 0.3) is 0 Å². The summed E-state index contributed by atoms with van der Waals surface area (Å²) in [6, 6.07) is 8.74. The number of hydrogen-bond donors (Lipinski definition) is 0. The fraction of sp³-hybridized carbons (Fsp3) is 0.0769. The Balaban J connectivity index is 1.72. The zero-order valence-electron chi connectivity index (χ0n) is 11.8. The van der Waals surface area contributed by atoms with Crippen molar-refractivity contribution in [1.29, 1.82) is 0 Å². The first-order chi connectivity index (χ1) is 11.5. The molecule has 1 unspecified atom stereocenters. The van der Waals surface area contributed by atoms with E-state index in [1.54, 1.807) is 12.1 Å². The monoisotopic (exact) mass is 364 g/mol. The van der Waals surface area contributed by atoms with E-state index in [9.17, 15) is 20.2 Å². The first-order valence-corrected chi connectivity index (χ1v) is 8.65. The Bertz CT molecular complexity index is 917. The highest BCUT2D eigenvalue weighted by Crippen LogP contribution is 2.22. The number of benzene rings is 1. The summed E-state index contributed by atoms with van der Waals surface area (Å²) in [5.74, 6) is -0.161. The topological polar surface area (TPSA) is 124 Å². The summed E-state index contributed by atoms with van der Waals surface area (Å²) in [5.41, 5.74) is 0.813. The molecule has 1 aliphatic heterocycles. The molecule has 0 fully saturated rings. The molecule has 0 aliphatic carbocycles. The molecule has 9 nitrogen and oxygen atoms in total. The number of hydrogen-bond acceptors (Lipinski definition) is 8. The number of nitrogens with zero attached hydrogens (tertiary/aromatic N) is 4. The van der Waals surface area contributed by atoms with Gasteiger partial charge >= 0.3 is 5.88 Å². The highest BCUT2D eigenvalue weighted by Gasteiger charge is 2.25. The highest BCUT2D eigenvalue weighted by atomic mass is 32.8. The van der Waals surface area contributed by atoms with Gasteiger partial charge in [-0.1, -0.05) is 12.1 Å². The van der Waals surface area contributed by atoms with Gasteiger partial charge in [0.2, 0.25) is 0 Å². The lowest BCUT2D eigenvalue weighted by Gasteiger charge is -2.03. The summed E-state index contributed by atoms with van der Waals surface area (Å²) in [6.07, 6.45) is 0.389. The van der Waals surface area contributed by atoms with E-state index < -0.39 is 19.3 Å². The van der Waals surface area contributed by atoms with Crippen LogP contribution in [-0.2, 0) is 27.1 Å². The largest absolute Gasteiger partial charge is 0.433 e. The third-order valence-electron chi connectivity index (χ3n) is 3.13. The summed E-state index contributed by atoms with van der Waals surface area (Å²) in [4.78, 5) is 20.2. The molecular formula is C13H8N4O5S2. The van der Waals surface area contributed by atoms with Gasteiger partial charge in [0.05, 0.1) is 11.0 Å². The minimum Gasteiger partial charge on any atom is -0.398 e. The first kappa shape index (κ1) is 16.1. The van der Waals surface area contributed by atoms with Crippen molar-refractivity contribution < 1.29 is 14.3 Å². The quantitative estimate of drug-likeness (QED) is 0.593. The number of rotatable bonds is 5. The maximum Gasteiger partial charge on any atom is 0.433 e. The first-order valence-electron chi connectivity index (χ1n) is 6.50.